The minimum atomic E-state index is -3.14. The number of halogens is 4. The largest absolute Gasteiger partial charge is 0.394 e. The number of aliphatic hydroxyl groups is 1. The van der Waals surface area contributed by atoms with Gasteiger partial charge in [0.25, 0.3) is 0 Å². The van der Waals surface area contributed by atoms with E-state index in [-0.39, 0.29) is 13.2 Å². The second kappa shape index (κ2) is 13.4. The Bertz CT molecular complexity index is 257. The maximum atomic E-state index is 13.4. The van der Waals surface area contributed by atoms with Gasteiger partial charge in [0.1, 0.15) is 0 Å². The Balaban J connectivity index is 5.22. The molecule has 0 amide bonds. The minimum absolute atomic E-state index is 0.0689. The molecule has 0 aromatic rings. The summed E-state index contributed by atoms with van der Waals surface area (Å²) in [4.78, 5) is 0. The van der Waals surface area contributed by atoms with Gasteiger partial charge in [-0.05, 0) is 0 Å². The number of hydrogen-bond acceptors (Lipinski definition) is 3. The summed E-state index contributed by atoms with van der Waals surface area (Å²) in [5.41, 5.74) is 0. The molecule has 0 heterocycles. The Hall–Kier alpha value is 1.99. The first-order valence-corrected chi connectivity index (χ1v) is 12.2. The van der Waals surface area contributed by atoms with Crippen LogP contribution in [0, 0.1) is 0 Å². The average molecular weight is 568 g/mol. The van der Waals surface area contributed by atoms with Crippen LogP contribution in [0.15, 0.2) is 0 Å². The van der Waals surface area contributed by atoms with Crippen molar-refractivity contribution in [3.63, 3.8) is 0 Å². The Labute approximate surface area is 154 Å². The van der Waals surface area contributed by atoms with Crippen molar-refractivity contribution in [2.75, 3.05) is 60.7 Å². The molecule has 0 unspecified atom stereocenters. The molecule has 0 spiro atoms. The molecule has 0 saturated heterocycles. The zero-order chi connectivity index (χ0) is 15.4. The van der Waals surface area contributed by atoms with E-state index in [9.17, 15) is 4.57 Å². The van der Waals surface area contributed by atoms with Crippen LogP contribution in [-0.2, 0) is 9.09 Å². The fourth-order valence-corrected chi connectivity index (χ4v) is 6.84. The second-order valence-corrected chi connectivity index (χ2v) is 9.25. The van der Waals surface area contributed by atoms with Gasteiger partial charge >= 0.3 is 7.67 Å². The molecule has 0 radical (unpaired) electrons. The minimum Gasteiger partial charge on any atom is -0.394 e. The normalized spacial score (nSPS) is 12.6. The highest BCUT2D eigenvalue weighted by molar-refractivity contribution is 9.09. The topological polar surface area (TPSA) is 53.0 Å². The number of rotatable bonds is 13. The highest BCUT2D eigenvalue weighted by Crippen LogP contribution is 2.54. The van der Waals surface area contributed by atoms with Crippen LogP contribution in [0.25, 0.3) is 0 Å². The third kappa shape index (κ3) is 7.51. The summed E-state index contributed by atoms with van der Waals surface area (Å²) in [5, 5.41) is 11.8. The van der Waals surface area contributed by atoms with Crippen LogP contribution in [0.5, 0.6) is 0 Å². The van der Waals surface area contributed by atoms with E-state index in [1.807, 2.05) is 9.34 Å². The SMILES string of the molecule is O=P(OCCO)(N(CCBr)CCBr)N(CCBr)CCBr. The standard InChI is InChI=1S/C10H21Br4N2O3P/c11-1-5-15(6-2-12)20(18,19-10-9-17)16(7-3-13)8-4-14/h17H,1-10H2. The van der Waals surface area contributed by atoms with Gasteiger partial charge < -0.3 is 9.63 Å². The van der Waals surface area contributed by atoms with E-state index >= 15 is 0 Å². The first kappa shape index (κ1) is 22.0. The smallest absolute Gasteiger partial charge is 0.346 e. The van der Waals surface area contributed by atoms with Gasteiger partial charge in [-0.15, -0.1) is 0 Å². The van der Waals surface area contributed by atoms with E-state index in [0.29, 0.717) is 47.5 Å². The van der Waals surface area contributed by atoms with Crippen LogP contribution in [0.3, 0.4) is 0 Å². The summed E-state index contributed by atoms with van der Waals surface area (Å²) in [5.74, 6) is 0. The second-order valence-electron chi connectivity index (χ2n) is 3.71. The van der Waals surface area contributed by atoms with Crippen LogP contribution in [0.1, 0.15) is 0 Å². The third-order valence-electron chi connectivity index (χ3n) is 2.44. The quantitative estimate of drug-likeness (QED) is 0.274. The molecule has 0 aromatic heterocycles. The van der Waals surface area contributed by atoms with E-state index < -0.39 is 7.67 Å². The highest BCUT2D eigenvalue weighted by Gasteiger charge is 2.37. The molecule has 10 heteroatoms. The lowest BCUT2D eigenvalue weighted by atomic mass is 10.7. The van der Waals surface area contributed by atoms with Crippen molar-refractivity contribution in [2.24, 2.45) is 0 Å². The van der Waals surface area contributed by atoms with Crippen molar-refractivity contribution in [3.8, 4) is 0 Å². The highest BCUT2D eigenvalue weighted by atomic mass is 79.9. The Morgan fingerprint density at radius 3 is 1.45 bits per heavy atom. The summed E-state index contributed by atoms with van der Waals surface area (Å²) >= 11 is 13.6. The Morgan fingerprint density at radius 2 is 1.20 bits per heavy atom. The molecule has 1 N–H and O–H groups in total. The number of nitrogens with zero attached hydrogens (tertiary/aromatic N) is 2. The lowest BCUT2D eigenvalue weighted by molar-refractivity contribution is 0.165. The lowest BCUT2D eigenvalue weighted by Gasteiger charge is -2.37. The van der Waals surface area contributed by atoms with Gasteiger partial charge in [0.2, 0.25) is 0 Å². The van der Waals surface area contributed by atoms with Crippen LogP contribution < -0.4 is 0 Å². The molecule has 20 heavy (non-hydrogen) atoms. The molecule has 0 bridgehead atoms. The first-order valence-electron chi connectivity index (χ1n) is 6.20. The van der Waals surface area contributed by atoms with Crippen LogP contribution in [0.4, 0.5) is 0 Å². The number of aliphatic hydroxyl groups excluding tert-OH is 1. The molecule has 0 aliphatic heterocycles. The molecular formula is C10H21Br4N2O3P. The van der Waals surface area contributed by atoms with Crippen molar-refractivity contribution in [3.05, 3.63) is 0 Å². The average Bonchev–Trinajstić information content (AvgIpc) is 2.44. The third-order valence-corrected chi connectivity index (χ3v) is 6.60. The molecule has 0 aromatic carbocycles. The molecule has 0 atom stereocenters. The van der Waals surface area contributed by atoms with Crippen LogP contribution in [0.2, 0.25) is 0 Å². The number of alkyl halides is 4. The predicted molar refractivity (Wildman–Crippen MR) is 99.0 cm³/mol. The Kier molecular flexibility index (Phi) is 14.8. The molecular weight excluding hydrogens is 547 g/mol. The summed E-state index contributed by atoms with van der Waals surface area (Å²) in [7, 11) is -3.14. The monoisotopic (exact) mass is 564 g/mol. The van der Waals surface area contributed by atoms with Crippen LogP contribution >= 0.6 is 71.4 Å². The van der Waals surface area contributed by atoms with Gasteiger partial charge in [-0.2, -0.15) is 0 Å². The van der Waals surface area contributed by atoms with Gasteiger partial charge in [0.15, 0.2) is 0 Å². The predicted octanol–water partition coefficient (Wildman–Crippen LogP) is 3.29. The van der Waals surface area contributed by atoms with E-state index in [1.165, 1.54) is 0 Å². The summed E-state index contributed by atoms with van der Waals surface area (Å²) in [6, 6.07) is 0. The van der Waals surface area contributed by atoms with Gasteiger partial charge in [0, 0.05) is 47.5 Å². The molecule has 122 valence electrons. The van der Waals surface area contributed by atoms with Crippen molar-refractivity contribution in [1.82, 2.24) is 9.34 Å². The summed E-state index contributed by atoms with van der Waals surface area (Å²) in [6.45, 7) is 2.41. The molecule has 0 aliphatic rings. The zero-order valence-electron chi connectivity index (χ0n) is 11.2. The van der Waals surface area contributed by atoms with Crippen molar-refractivity contribution >= 4 is 71.4 Å². The van der Waals surface area contributed by atoms with Crippen LogP contribution in [-0.4, -0.2) is 75.2 Å². The zero-order valence-corrected chi connectivity index (χ0v) is 18.4. The lowest BCUT2D eigenvalue weighted by Crippen LogP contribution is -2.37. The summed E-state index contributed by atoms with van der Waals surface area (Å²) < 4.78 is 22.6. The molecule has 0 aliphatic carbocycles. The van der Waals surface area contributed by atoms with E-state index in [0.717, 1.165) is 0 Å². The molecule has 5 nitrogen and oxygen atoms in total. The van der Waals surface area contributed by atoms with E-state index in [2.05, 4.69) is 63.7 Å². The molecule has 0 saturated carbocycles. The van der Waals surface area contributed by atoms with Gasteiger partial charge in [0.05, 0.1) is 13.2 Å². The Morgan fingerprint density at radius 1 is 0.850 bits per heavy atom. The fourth-order valence-electron chi connectivity index (χ4n) is 1.62. The van der Waals surface area contributed by atoms with Gasteiger partial charge in [-0.25, -0.2) is 9.34 Å². The van der Waals surface area contributed by atoms with E-state index in [4.69, 9.17) is 9.63 Å². The maximum Gasteiger partial charge on any atom is 0.346 e. The van der Waals surface area contributed by atoms with Crippen molar-refractivity contribution in [1.29, 1.82) is 0 Å². The summed E-state index contributed by atoms with van der Waals surface area (Å²) in [6.07, 6.45) is 0. The van der Waals surface area contributed by atoms with Crippen molar-refractivity contribution < 1.29 is 14.2 Å². The van der Waals surface area contributed by atoms with E-state index in [1.54, 1.807) is 0 Å². The molecule has 0 rings (SSSR count). The van der Waals surface area contributed by atoms with Crippen molar-refractivity contribution in [2.45, 2.75) is 0 Å². The van der Waals surface area contributed by atoms with Gasteiger partial charge in [-0.1, -0.05) is 63.7 Å². The fraction of sp³-hybridized carbons (Fsp3) is 1.00. The van der Waals surface area contributed by atoms with Gasteiger partial charge in [-0.3, -0.25) is 4.57 Å². The first-order chi connectivity index (χ1) is 9.60. The molecule has 0 fully saturated rings. The maximum absolute atomic E-state index is 13.4. The number of hydrogen-bond donors (Lipinski definition) is 1.